The summed E-state index contributed by atoms with van der Waals surface area (Å²) in [7, 11) is 4.49. The second-order valence-electron chi connectivity index (χ2n) is 19.9. The van der Waals surface area contributed by atoms with Crippen LogP contribution in [0.4, 0.5) is 23.0 Å². The number of hydrogen-bond acceptors (Lipinski definition) is 14. The number of unbranched alkanes of at least 4 members (excludes halogenated alkanes) is 7. The molecule has 6 amide bonds. The second kappa shape index (κ2) is 26.2. The first-order valence-electron chi connectivity index (χ1n) is 25.4. The van der Waals surface area contributed by atoms with Crippen molar-refractivity contribution in [1.82, 2.24) is 41.1 Å². The predicted molar refractivity (Wildman–Crippen MR) is 290 cm³/mol. The number of ether oxygens (including phenoxy) is 1. The topological polar surface area (TPSA) is 272 Å². The van der Waals surface area contributed by atoms with E-state index in [9.17, 15) is 33.9 Å². The van der Waals surface area contributed by atoms with Gasteiger partial charge in [0.15, 0.2) is 5.75 Å². The molecule has 3 aromatic heterocycles. The Kier molecular flexibility index (Phi) is 19.8. The molecule has 0 aliphatic carbocycles. The Labute approximate surface area is 442 Å². The number of nitrogens with one attached hydrogen (secondary N) is 6. The molecule has 0 bridgehead atoms. The maximum atomic E-state index is 14.4. The van der Waals surface area contributed by atoms with E-state index in [-0.39, 0.29) is 55.0 Å². The number of aliphatic hydroxyl groups excluding tert-OH is 1. The minimum absolute atomic E-state index is 0.000803. The zero-order chi connectivity index (χ0) is 54.3. The summed E-state index contributed by atoms with van der Waals surface area (Å²) in [6.07, 6.45) is 9.61. The third-order valence-corrected chi connectivity index (χ3v) is 14.3. The number of likely N-dealkylation sites (tertiary alicyclic amines) is 1. The van der Waals surface area contributed by atoms with E-state index < -0.39 is 34.9 Å². The van der Waals surface area contributed by atoms with E-state index in [1.54, 1.807) is 53.2 Å². The molecule has 5 aromatic rings. The van der Waals surface area contributed by atoms with E-state index >= 15 is 0 Å². The number of pyridine rings is 2. The van der Waals surface area contributed by atoms with Crippen LogP contribution in [0.15, 0.2) is 78.6 Å². The molecule has 2 aromatic carbocycles. The summed E-state index contributed by atoms with van der Waals surface area (Å²) in [6, 6.07) is 16.8. The number of anilines is 4. The number of primary amides is 1. The van der Waals surface area contributed by atoms with Gasteiger partial charge in [-0.1, -0.05) is 89.6 Å². The van der Waals surface area contributed by atoms with Gasteiger partial charge in [-0.2, -0.15) is 0 Å². The minimum atomic E-state index is -1.47. The Morgan fingerprint density at radius 3 is 2.09 bits per heavy atom. The van der Waals surface area contributed by atoms with Gasteiger partial charge in [0.1, 0.15) is 23.2 Å². The Bertz CT molecular complexity index is 2800. The molecule has 0 radical (unpaired) electrons. The molecule has 6 rings (SSSR count). The number of hydrogen-bond donors (Lipinski definition) is 8. The smallest absolute Gasteiger partial charge is 0.254 e. The monoisotopic (exact) mass is 1050 g/mol. The van der Waals surface area contributed by atoms with Crippen LogP contribution < -0.4 is 42.4 Å². The average molecular weight is 1050 g/mol. The summed E-state index contributed by atoms with van der Waals surface area (Å²) >= 11 is 1.54. The Hall–Kier alpha value is -7.45. The highest BCUT2D eigenvalue weighted by molar-refractivity contribution is 7.13. The molecule has 1 saturated heterocycles. The number of β-amino-alcohol motifs (C(OH)–C–C–N with tert-alkyl or cyclic N) is 1. The molecule has 19 nitrogen and oxygen atoms in total. The maximum Gasteiger partial charge on any atom is 0.254 e. The minimum Gasteiger partial charge on any atom is -0.494 e. The van der Waals surface area contributed by atoms with Crippen molar-refractivity contribution in [3.63, 3.8) is 0 Å². The van der Waals surface area contributed by atoms with Crippen LogP contribution in [0.1, 0.15) is 127 Å². The average Bonchev–Trinajstić information content (AvgIpc) is 3.98. The number of amides is 6. The number of benzene rings is 2. The van der Waals surface area contributed by atoms with Gasteiger partial charge in [0.25, 0.3) is 17.7 Å². The van der Waals surface area contributed by atoms with Gasteiger partial charge < -0.3 is 52.4 Å². The normalized spacial score (nSPS) is 15.6. The molecule has 9 N–H and O–H groups in total. The molecule has 0 spiro atoms. The number of nitrogens with zero attached hydrogens (tertiary/aromatic N) is 4. The number of nitrogens with two attached hydrogens (primary N) is 1. The molecular formula is C55H71N11O8S. The Morgan fingerprint density at radius 2 is 1.48 bits per heavy atom. The van der Waals surface area contributed by atoms with Gasteiger partial charge in [-0.05, 0) is 60.6 Å². The number of carbonyl (C=O) groups excluding carboxylic acids is 6. The van der Waals surface area contributed by atoms with Crippen molar-refractivity contribution in [2.45, 2.75) is 116 Å². The van der Waals surface area contributed by atoms with Gasteiger partial charge in [0.2, 0.25) is 17.7 Å². The van der Waals surface area contributed by atoms with Crippen LogP contribution in [0.2, 0.25) is 0 Å². The van der Waals surface area contributed by atoms with Crippen molar-refractivity contribution in [2.24, 2.45) is 11.1 Å². The molecule has 1 aliphatic rings. The Morgan fingerprint density at radius 1 is 0.813 bits per heavy atom. The van der Waals surface area contributed by atoms with Crippen LogP contribution in [-0.2, 0) is 20.8 Å². The fourth-order valence-corrected chi connectivity index (χ4v) is 10.0. The van der Waals surface area contributed by atoms with Crippen LogP contribution >= 0.6 is 11.3 Å². The lowest BCUT2D eigenvalue weighted by molar-refractivity contribution is -0.148. The summed E-state index contributed by atoms with van der Waals surface area (Å²) in [5.74, 6) is -1.25. The number of carbonyl (C=O) groups is 6. The standard InChI is InChI=1S/C55H71N11O8S/c1-34-47(75-33-62-34)36-22-20-35(21-23-36)28-55(53(56)73)29-38(67)32-66(55)52(72)48(54(2,3)4)65-45(68)19-14-12-10-8-9-11-13-15-26-59-49(69)37-24-25-43(60-30-37)64-44-27-42(40(31-61-44)51(71)58-6)63-41-18-16-17-39(46(41)74-7)50(70)57-5/h16-18,20-25,27,30-31,33,38,48,67H,8-15,19,26,28-29,32H2,1-7H3,(H2,56,73)(H,57,70)(H,58,71)(H,59,69)(H,65,68)(H2,60,61,63,64)/t38-,48-,55+/m1/s1. The third kappa shape index (κ3) is 14.7. The molecular weight excluding hydrogens is 975 g/mol. The van der Waals surface area contributed by atoms with Crippen LogP contribution in [0.5, 0.6) is 5.75 Å². The Balaban J connectivity index is 0.891. The summed E-state index contributed by atoms with van der Waals surface area (Å²) < 4.78 is 5.55. The van der Waals surface area contributed by atoms with Crippen LogP contribution in [0.3, 0.4) is 0 Å². The SMILES string of the molecule is CNC(=O)c1cnc(Nc2ccc(C(=O)NCCCCCCCCCCC(=O)N[C@H](C(=O)N3C[C@H](O)C[C@@]3(Cc3ccc(-c4scnc4C)cc3)C(N)=O)C(C)(C)C)cn2)cc1Nc1cccc(C(=O)NC)c1OC. The van der Waals surface area contributed by atoms with Gasteiger partial charge >= 0.3 is 0 Å². The highest BCUT2D eigenvalue weighted by Gasteiger charge is 2.54. The van der Waals surface area contributed by atoms with E-state index in [4.69, 9.17) is 10.5 Å². The van der Waals surface area contributed by atoms with Gasteiger partial charge in [-0.3, -0.25) is 28.8 Å². The molecule has 4 heterocycles. The fourth-order valence-electron chi connectivity index (χ4n) is 9.23. The van der Waals surface area contributed by atoms with Crippen molar-refractivity contribution in [3.05, 3.63) is 107 Å². The number of methoxy groups -OCH3 is 1. The fraction of sp³-hybridized carbons (Fsp3) is 0.436. The lowest BCUT2D eigenvalue weighted by Crippen LogP contribution is -2.63. The number of rotatable bonds is 25. The number of aliphatic hydroxyl groups is 1. The van der Waals surface area contributed by atoms with Gasteiger partial charge in [-0.15, -0.1) is 11.3 Å². The lowest BCUT2D eigenvalue weighted by Gasteiger charge is -2.40. The molecule has 1 aliphatic heterocycles. The zero-order valence-electron chi connectivity index (χ0n) is 43.9. The van der Waals surface area contributed by atoms with Crippen molar-refractivity contribution in [2.75, 3.05) is 44.9 Å². The van der Waals surface area contributed by atoms with Crippen molar-refractivity contribution >= 4 is 69.8 Å². The highest BCUT2D eigenvalue weighted by atomic mass is 32.1. The summed E-state index contributed by atoms with van der Waals surface area (Å²) in [6.45, 7) is 7.99. The first-order chi connectivity index (χ1) is 35.9. The van der Waals surface area contributed by atoms with Gasteiger partial charge in [0, 0.05) is 64.9 Å². The first kappa shape index (κ1) is 56.8. The van der Waals surface area contributed by atoms with Crippen LogP contribution in [0, 0.1) is 12.3 Å². The van der Waals surface area contributed by atoms with Crippen molar-refractivity contribution < 1.29 is 38.6 Å². The van der Waals surface area contributed by atoms with E-state index in [1.807, 2.05) is 52.0 Å². The quantitative estimate of drug-likeness (QED) is 0.0275. The van der Waals surface area contributed by atoms with E-state index in [0.717, 1.165) is 66.6 Å². The van der Waals surface area contributed by atoms with E-state index in [2.05, 4.69) is 46.9 Å². The number of aromatic nitrogens is 3. The zero-order valence-corrected chi connectivity index (χ0v) is 44.7. The molecule has 0 unspecified atom stereocenters. The molecule has 400 valence electrons. The van der Waals surface area contributed by atoms with Gasteiger partial charge in [0.05, 0.1) is 57.4 Å². The lowest BCUT2D eigenvalue weighted by atomic mass is 9.82. The molecule has 75 heavy (non-hydrogen) atoms. The first-order valence-corrected chi connectivity index (χ1v) is 26.2. The largest absolute Gasteiger partial charge is 0.494 e. The summed E-state index contributed by atoms with van der Waals surface area (Å²) in [5, 5.41) is 28.3. The maximum absolute atomic E-state index is 14.4. The number of aryl methyl sites for hydroxylation is 1. The second-order valence-corrected chi connectivity index (χ2v) is 20.7. The predicted octanol–water partition coefficient (Wildman–Crippen LogP) is 6.96. The van der Waals surface area contributed by atoms with E-state index in [1.165, 1.54) is 38.5 Å². The van der Waals surface area contributed by atoms with Crippen molar-refractivity contribution in [1.29, 1.82) is 0 Å². The summed E-state index contributed by atoms with van der Waals surface area (Å²) in [5.41, 5.74) is 10.2. The van der Waals surface area contributed by atoms with Crippen molar-refractivity contribution in [3.8, 4) is 16.2 Å². The highest BCUT2D eigenvalue weighted by Crippen LogP contribution is 2.37. The molecule has 0 saturated carbocycles. The molecule has 1 fully saturated rings. The van der Waals surface area contributed by atoms with E-state index in [0.29, 0.717) is 52.9 Å². The molecule has 20 heteroatoms. The number of thiazole rings is 1. The van der Waals surface area contributed by atoms with Crippen LogP contribution in [-0.4, -0.2) is 112 Å². The molecule has 3 atom stereocenters. The van der Waals surface area contributed by atoms with Gasteiger partial charge in [-0.25, -0.2) is 15.0 Å². The summed E-state index contributed by atoms with van der Waals surface area (Å²) in [4.78, 5) is 94.7. The number of para-hydroxylation sites is 1. The third-order valence-electron chi connectivity index (χ3n) is 13.3. The van der Waals surface area contributed by atoms with Crippen LogP contribution in [0.25, 0.3) is 10.4 Å².